The van der Waals surface area contributed by atoms with Gasteiger partial charge in [-0.25, -0.2) is 8.78 Å². The number of amides is 2. The van der Waals surface area contributed by atoms with Gasteiger partial charge in [0.1, 0.15) is 11.6 Å². The van der Waals surface area contributed by atoms with Crippen LogP contribution in [-0.2, 0) is 6.42 Å². The molecule has 10 heteroatoms. The van der Waals surface area contributed by atoms with E-state index in [0.717, 1.165) is 18.2 Å². The minimum absolute atomic E-state index is 0.165. The molecule has 0 spiro atoms. The number of hydrogen-bond acceptors (Lipinski definition) is 5. The molecule has 0 unspecified atom stereocenters. The molecule has 8 nitrogen and oxygen atoms in total. The van der Waals surface area contributed by atoms with Crippen LogP contribution in [-0.4, -0.2) is 66.0 Å². The second-order valence-corrected chi connectivity index (χ2v) is 9.19. The maximum absolute atomic E-state index is 13.6. The number of carbonyl (C=O) groups excluding carboxylic acids is 2. The van der Waals surface area contributed by atoms with Crippen LogP contribution in [0.2, 0.25) is 0 Å². The number of nitrogen functional groups attached to an aromatic ring is 1. The van der Waals surface area contributed by atoms with Gasteiger partial charge in [0.2, 0.25) is 0 Å². The first-order chi connectivity index (χ1) is 17.6. The summed E-state index contributed by atoms with van der Waals surface area (Å²) in [6, 6.07) is 13.4. The van der Waals surface area contributed by atoms with Gasteiger partial charge >= 0.3 is 0 Å². The second-order valence-electron chi connectivity index (χ2n) is 9.19. The van der Waals surface area contributed by atoms with Gasteiger partial charge in [-0.3, -0.25) is 14.7 Å². The van der Waals surface area contributed by atoms with Gasteiger partial charge in [-0.2, -0.15) is 5.10 Å². The van der Waals surface area contributed by atoms with Crippen LogP contribution >= 0.6 is 0 Å². The molecule has 0 aliphatic carbocycles. The van der Waals surface area contributed by atoms with E-state index < -0.39 is 17.5 Å². The molecule has 0 fully saturated rings. The van der Waals surface area contributed by atoms with Crippen LogP contribution in [0.4, 0.5) is 20.3 Å². The van der Waals surface area contributed by atoms with Gasteiger partial charge in [-0.1, -0.05) is 6.07 Å². The molecule has 1 heterocycles. The fraction of sp³-hybridized carbons (Fsp3) is 0.222. The van der Waals surface area contributed by atoms with Crippen LogP contribution < -0.4 is 11.1 Å². The lowest BCUT2D eigenvalue weighted by atomic mass is 10.0. The Bertz CT molecular complexity index is 1450. The number of nitrogens with one attached hydrogen (secondary N) is 2. The first-order valence-electron chi connectivity index (χ1n) is 11.6. The summed E-state index contributed by atoms with van der Waals surface area (Å²) in [5.41, 5.74) is 8.84. The molecule has 192 valence electrons. The topological polar surface area (TPSA) is 107 Å². The zero-order valence-electron chi connectivity index (χ0n) is 20.8. The van der Waals surface area contributed by atoms with Crippen molar-refractivity contribution in [2.24, 2.45) is 0 Å². The number of H-pyrrole nitrogens is 1. The number of halogens is 2. The predicted octanol–water partition coefficient (Wildman–Crippen LogP) is 3.90. The fourth-order valence-corrected chi connectivity index (χ4v) is 3.96. The average molecular weight is 507 g/mol. The van der Waals surface area contributed by atoms with Gasteiger partial charge < -0.3 is 20.9 Å². The summed E-state index contributed by atoms with van der Waals surface area (Å²) in [5.74, 6) is -1.67. The van der Waals surface area contributed by atoms with Crippen molar-refractivity contribution in [3.8, 4) is 0 Å². The van der Waals surface area contributed by atoms with E-state index in [4.69, 9.17) is 5.73 Å². The van der Waals surface area contributed by atoms with Crippen molar-refractivity contribution in [3.63, 3.8) is 0 Å². The molecule has 4 rings (SSSR count). The molecule has 0 aliphatic heterocycles. The lowest BCUT2D eigenvalue weighted by molar-refractivity contribution is 0.0786. The number of nitrogens with two attached hydrogens (primary N) is 1. The molecule has 0 bridgehead atoms. The zero-order valence-corrected chi connectivity index (χ0v) is 20.8. The van der Waals surface area contributed by atoms with Crippen LogP contribution in [0.15, 0.2) is 54.6 Å². The number of carbonyl (C=O) groups is 2. The number of rotatable bonds is 8. The van der Waals surface area contributed by atoms with E-state index in [9.17, 15) is 18.4 Å². The highest BCUT2D eigenvalue weighted by Crippen LogP contribution is 2.25. The highest BCUT2D eigenvalue weighted by Gasteiger charge is 2.18. The Balaban J connectivity index is 1.51. The molecule has 0 saturated heterocycles. The molecule has 0 aliphatic rings. The Kier molecular flexibility index (Phi) is 7.49. The van der Waals surface area contributed by atoms with Gasteiger partial charge in [0.05, 0.1) is 11.1 Å². The number of likely N-dealkylation sites (N-methyl/N-ethyl adjacent to an activating group) is 2. The molecule has 4 aromatic rings. The third-order valence-electron chi connectivity index (χ3n) is 5.96. The lowest BCUT2D eigenvalue weighted by Gasteiger charge is -2.20. The minimum Gasteiger partial charge on any atom is -0.398 e. The zero-order chi connectivity index (χ0) is 26.7. The van der Waals surface area contributed by atoms with Crippen molar-refractivity contribution < 1.29 is 18.4 Å². The predicted molar refractivity (Wildman–Crippen MR) is 140 cm³/mol. The number of nitrogens with zero attached hydrogens (tertiary/aromatic N) is 3. The highest BCUT2D eigenvalue weighted by atomic mass is 19.1. The number of aromatic nitrogens is 2. The Hall–Kier alpha value is -4.31. The van der Waals surface area contributed by atoms with Crippen LogP contribution in [0.5, 0.6) is 0 Å². The monoisotopic (exact) mass is 506 g/mol. The lowest BCUT2D eigenvalue weighted by Crippen LogP contribution is -2.33. The second kappa shape index (κ2) is 10.8. The number of hydrogen-bond donors (Lipinski definition) is 3. The van der Waals surface area contributed by atoms with Crippen LogP contribution in [0, 0.1) is 11.6 Å². The highest BCUT2D eigenvalue weighted by molar-refractivity contribution is 6.11. The Labute approximate surface area is 213 Å². The normalized spacial score (nSPS) is 11.2. The molecule has 3 aromatic carbocycles. The van der Waals surface area contributed by atoms with Crippen LogP contribution in [0.1, 0.15) is 31.8 Å². The quantitative estimate of drug-likeness (QED) is 0.314. The standard InChI is InChI=1S/C27H28F2N6O2/c1-34(2)8-9-35(3)27(37)18-5-6-21(23(30)14-18)26(36)31-25-22-13-16(4-7-24(22)32-33-25)10-17-11-19(28)15-20(29)12-17/h4-7,11-15H,8-10,30H2,1-3H3,(H2,31,32,33,36). The van der Waals surface area contributed by atoms with E-state index in [0.29, 0.717) is 35.0 Å². The molecule has 0 atom stereocenters. The van der Waals surface area contributed by atoms with Crippen molar-refractivity contribution in [1.82, 2.24) is 20.0 Å². The Morgan fingerprint density at radius 3 is 2.35 bits per heavy atom. The van der Waals surface area contributed by atoms with Gasteiger partial charge in [0.15, 0.2) is 5.82 Å². The summed E-state index contributed by atoms with van der Waals surface area (Å²) < 4.78 is 27.1. The molecule has 0 radical (unpaired) electrons. The summed E-state index contributed by atoms with van der Waals surface area (Å²) in [6.45, 7) is 1.27. The minimum atomic E-state index is -0.641. The summed E-state index contributed by atoms with van der Waals surface area (Å²) in [7, 11) is 5.57. The summed E-state index contributed by atoms with van der Waals surface area (Å²) >= 11 is 0. The van der Waals surface area contributed by atoms with Gasteiger partial charge in [0, 0.05) is 42.8 Å². The van der Waals surface area contributed by atoms with E-state index >= 15 is 0 Å². The van der Waals surface area contributed by atoms with Gasteiger partial charge in [0.25, 0.3) is 11.8 Å². The summed E-state index contributed by atoms with van der Waals surface area (Å²) in [4.78, 5) is 29.3. The number of fused-ring (bicyclic) bond motifs is 1. The van der Waals surface area contributed by atoms with E-state index in [1.807, 2.05) is 25.1 Å². The molecule has 2 amide bonds. The van der Waals surface area contributed by atoms with Crippen LogP contribution in [0.25, 0.3) is 10.9 Å². The van der Waals surface area contributed by atoms with Crippen LogP contribution in [0.3, 0.4) is 0 Å². The summed E-state index contributed by atoms with van der Waals surface area (Å²) in [6.07, 6.45) is 0.300. The molecular weight excluding hydrogens is 478 g/mol. The van der Waals surface area contributed by atoms with Gasteiger partial charge in [-0.05, 0) is 74.1 Å². The Morgan fingerprint density at radius 2 is 1.68 bits per heavy atom. The molecule has 4 N–H and O–H groups in total. The van der Waals surface area contributed by atoms with Crippen molar-refractivity contribution in [1.29, 1.82) is 0 Å². The van der Waals surface area contributed by atoms with E-state index in [2.05, 4.69) is 15.5 Å². The largest absolute Gasteiger partial charge is 0.398 e. The molecule has 0 saturated carbocycles. The average Bonchev–Trinajstić information content (AvgIpc) is 3.23. The van der Waals surface area contributed by atoms with Gasteiger partial charge in [-0.15, -0.1) is 0 Å². The third-order valence-corrected chi connectivity index (χ3v) is 5.96. The first kappa shape index (κ1) is 25.8. The van der Waals surface area contributed by atoms with E-state index in [1.165, 1.54) is 24.3 Å². The molecule has 1 aromatic heterocycles. The third kappa shape index (κ3) is 6.10. The van der Waals surface area contributed by atoms with E-state index in [-0.39, 0.29) is 23.0 Å². The number of benzene rings is 3. The first-order valence-corrected chi connectivity index (χ1v) is 11.6. The summed E-state index contributed by atoms with van der Waals surface area (Å²) in [5, 5.41) is 10.4. The fourth-order valence-electron chi connectivity index (χ4n) is 3.96. The number of aromatic amines is 1. The van der Waals surface area contributed by atoms with Crippen molar-refractivity contribution in [2.45, 2.75) is 6.42 Å². The van der Waals surface area contributed by atoms with Crippen molar-refractivity contribution in [2.75, 3.05) is 45.3 Å². The maximum Gasteiger partial charge on any atom is 0.258 e. The SMILES string of the molecule is CN(C)CCN(C)C(=O)c1ccc(C(=O)Nc2n[nH]c3ccc(Cc4cc(F)cc(F)c4)cc23)c(N)c1. The molecular formula is C27H28F2N6O2. The van der Waals surface area contributed by atoms with E-state index in [1.54, 1.807) is 30.1 Å². The van der Waals surface area contributed by atoms with Crippen molar-refractivity contribution >= 4 is 34.2 Å². The Morgan fingerprint density at radius 1 is 0.946 bits per heavy atom. The molecule has 37 heavy (non-hydrogen) atoms. The van der Waals surface area contributed by atoms with Crippen molar-refractivity contribution in [3.05, 3.63) is 88.5 Å². The maximum atomic E-state index is 13.6. The smallest absolute Gasteiger partial charge is 0.258 e. The number of anilines is 2.